The molecule has 1 aliphatic rings. The number of H-pyrrole nitrogens is 1. The van der Waals surface area contributed by atoms with Gasteiger partial charge < -0.3 is 19.3 Å². The smallest absolute Gasteiger partial charge is 0.330 e. The van der Waals surface area contributed by atoms with Crippen LogP contribution in [0.5, 0.6) is 0 Å². The summed E-state index contributed by atoms with van der Waals surface area (Å²) in [5, 5.41) is 9.25. The molecule has 1 aromatic heterocycles. The van der Waals surface area contributed by atoms with Crippen molar-refractivity contribution in [2.45, 2.75) is 24.5 Å². The Hall–Kier alpha value is -1.48. The maximum Gasteiger partial charge on any atom is 0.330 e. The van der Waals surface area contributed by atoms with Crippen molar-refractivity contribution in [3.8, 4) is 0 Å². The zero-order valence-electron chi connectivity index (χ0n) is 10.6. The van der Waals surface area contributed by atoms with E-state index in [0.717, 1.165) is 0 Å². The number of aromatic nitrogens is 2. The average Bonchev–Trinajstić information content (AvgIpc) is 2.76. The van der Waals surface area contributed by atoms with Crippen LogP contribution in [0, 0.1) is 0 Å². The van der Waals surface area contributed by atoms with Gasteiger partial charge in [0.2, 0.25) is 0 Å². The summed E-state index contributed by atoms with van der Waals surface area (Å²) in [6.45, 7) is -0.257. The molecule has 1 aliphatic heterocycles. The number of aliphatic hydroxyl groups is 1. The number of aromatic amines is 1. The van der Waals surface area contributed by atoms with Crippen LogP contribution in [0.4, 0.5) is 0 Å². The summed E-state index contributed by atoms with van der Waals surface area (Å²) >= 11 is 0. The minimum atomic E-state index is -0.767. The summed E-state index contributed by atoms with van der Waals surface area (Å²) in [6, 6.07) is 1.21. The van der Waals surface area contributed by atoms with E-state index in [4.69, 9.17) is 14.2 Å². The third-order valence-electron chi connectivity index (χ3n) is 3.14. The molecule has 8 heteroatoms. The van der Waals surface area contributed by atoms with Crippen LogP contribution >= 0.6 is 0 Å². The van der Waals surface area contributed by atoms with Gasteiger partial charge in [0.15, 0.2) is 6.23 Å². The van der Waals surface area contributed by atoms with E-state index in [9.17, 15) is 14.7 Å². The molecule has 8 nitrogen and oxygen atoms in total. The van der Waals surface area contributed by atoms with E-state index in [-0.39, 0.29) is 6.61 Å². The number of methoxy groups -OCH3 is 2. The normalized spacial score (nSPS) is 30.7. The number of hydrogen-bond donors (Lipinski definition) is 2. The second-order valence-corrected chi connectivity index (χ2v) is 4.17. The Kier molecular flexibility index (Phi) is 4.15. The minimum absolute atomic E-state index is 0.257. The molecule has 1 fully saturated rings. The fourth-order valence-corrected chi connectivity index (χ4v) is 2.24. The van der Waals surface area contributed by atoms with Crippen LogP contribution in [-0.2, 0) is 14.2 Å². The Morgan fingerprint density at radius 1 is 1.37 bits per heavy atom. The molecule has 0 aliphatic carbocycles. The third-order valence-corrected chi connectivity index (χ3v) is 3.14. The fourth-order valence-electron chi connectivity index (χ4n) is 2.24. The number of hydrogen-bond acceptors (Lipinski definition) is 6. The molecule has 0 bridgehead atoms. The first kappa shape index (κ1) is 13.9. The van der Waals surface area contributed by atoms with Gasteiger partial charge in [0.05, 0.1) is 6.61 Å². The van der Waals surface area contributed by atoms with E-state index in [0.29, 0.717) is 0 Å². The van der Waals surface area contributed by atoms with Crippen molar-refractivity contribution < 1.29 is 19.3 Å². The van der Waals surface area contributed by atoms with Crippen LogP contribution in [0.2, 0.25) is 0 Å². The Labute approximate surface area is 108 Å². The molecule has 2 rings (SSSR count). The van der Waals surface area contributed by atoms with Crippen molar-refractivity contribution >= 4 is 0 Å². The van der Waals surface area contributed by atoms with Crippen LogP contribution in [-0.4, -0.2) is 53.8 Å². The molecular weight excluding hydrogens is 256 g/mol. The molecule has 2 N–H and O–H groups in total. The van der Waals surface area contributed by atoms with Crippen molar-refractivity contribution in [1.29, 1.82) is 0 Å². The summed E-state index contributed by atoms with van der Waals surface area (Å²) in [5.74, 6) is 0. The van der Waals surface area contributed by atoms with Gasteiger partial charge in [-0.05, 0) is 0 Å². The lowest BCUT2D eigenvalue weighted by molar-refractivity contribution is -0.0625. The maximum atomic E-state index is 11.7. The predicted octanol–water partition coefficient (Wildman–Crippen LogP) is -1.54. The summed E-state index contributed by atoms with van der Waals surface area (Å²) in [5.41, 5.74) is -1.09. The second kappa shape index (κ2) is 5.66. The van der Waals surface area contributed by atoms with Crippen molar-refractivity contribution in [2.75, 3.05) is 20.8 Å². The van der Waals surface area contributed by atoms with Crippen molar-refractivity contribution in [1.82, 2.24) is 9.55 Å². The Morgan fingerprint density at radius 3 is 2.58 bits per heavy atom. The fraction of sp³-hybridized carbons (Fsp3) is 0.636. The minimum Gasteiger partial charge on any atom is -0.394 e. The number of aliphatic hydroxyl groups excluding tert-OH is 1. The molecule has 0 spiro atoms. The lowest BCUT2D eigenvalue weighted by Gasteiger charge is -2.21. The van der Waals surface area contributed by atoms with Gasteiger partial charge in [-0.1, -0.05) is 0 Å². The average molecular weight is 272 g/mol. The Morgan fingerprint density at radius 2 is 2.05 bits per heavy atom. The highest BCUT2D eigenvalue weighted by Crippen LogP contribution is 2.31. The monoisotopic (exact) mass is 272 g/mol. The maximum absolute atomic E-state index is 11.7. The largest absolute Gasteiger partial charge is 0.394 e. The molecule has 0 radical (unpaired) electrons. The highest BCUT2D eigenvalue weighted by molar-refractivity contribution is 4.94. The van der Waals surface area contributed by atoms with Gasteiger partial charge in [-0.25, -0.2) is 4.79 Å². The molecule has 19 heavy (non-hydrogen) atoms. The van der Waals surface area contributed by atoms with Gasteiger partial charge >= 0.3 is 5.69 Å². The molecule has 1 unspecified atom stereocenters. The molecule has 2 heterocycles. The zero-order valence-corrected chi connectivity index (χ0v) is 10.6. The van der Waals surface area contributed by atoms with E-state index in [2.05, 4.69) is 4.98 Å². The quantitative estimate of drug-likeness (QED) is 0.688. The molecule has 1 aromatic rings. The molecule has 0 amide bonds. The molecule has 0 saturated carbocycles. The molecule has 0 aromatic carbocycles. The number of ether oxygens (including phenoxy) is 3. The molecule has 106 valence electrons. The summed E-state index contributed by atoms with van der Waals surface area (Å²) in [4.78, 5) is 24.9. The Balaban J connectivity index is 2.38. The first-order valence-corrected chi connectivity index (χ1v) is 5.75. The second-order valence-electron chi connectivity index (χ2n) is 4.17. The number of nitrogens with one attached hydrogen (secondary N) is 1. The lowest BCUT2D eigenvalue weighted by Crippen LogP contribution is -2.39. The number of nitrogens with zero attached hydrogens (tertiary/aromatic N) is 1. The summed E-state index contributed by atoms with van der Waals surface area (Å²) < 4.78 is 17.3. The van der Waals surface area contributed by atoms with Crippen molar-refractivity contribution in [3.05, 3.63) is 33.1 Å². The summed E-state index contributed by atoms with van der Waals surface area (Å²) in [6.07, 6.45) is -1.11. The Bertz CT molecular complexity index is 538. The van der Waals surface area contributed by atoms with Gasteiger partial charge in [-0.2, -0.15) is 0 Å². The van der Waals surface area contributed by atoms with Crippen LogP contribution in [0.15, 0.2) is 21.9 Å². The SMILES string of the molecule is COC1[C@@H](CO)O[C@@H](n2ccc(=O)[nH]c2=O)[C@H]1OC. The molecular formula is C11H16N2O6. The van der Waals surface area contributed by atoms with Gasteiger partial charge in [-0.15, -0.1) is 0 Å². The van der Waals surface area contributed by atoms with Crippen LogP contribution < -0.4 is 11.2 Å². The first-order valence-electron chi connectivity index (χ1n) is 5.75. The topological polar surface area (TPSA) is 103 Å². The van der Waals surface area contributed by atoms with Gasteiger partial charge in [0.25, 0.3) is 5.56 Å². The van der Waals surface area contributed by atoms with Gasteiger partial charge in [0.1, 0.15) is 18.3 Å². The van der Waals surface area contributed by atoms with Gasteiger partial charge in [-0.3, -0.25) is 14.3 Å². The first-order chi connectivity index (χ1) is 9.12. The zero-order chi connectivity index (χ0) is 14.0. The molecule has 1 saturated heterocycles. The van der Waals surface area contributed by atoms with Crippen molar-refractivity contribution in [2.24, 2.45) is 0 Å². The van der Waals surface area contributed by atoms with E-state index in [1.54, 1.807) is 0 Å². The van der Waals surface area contributed by atoms with E-state index in [1.807, 2.05) is 0 Å². The van der Waals surface area contributed by atoms with Crippen LogP contribution in [0.3, 0.4) is 0 Å². The van der Waals surface area contributed by atoms with E-state index >= 15 is 0 Å². The van der Waals surface area contributed by atoms with Crippen LogP contribution in [0.1, 0.15) is 6.23 Å². The van der Waals surface area contributed by atoms with E-state index in [1.165, 1.54) is 31.0 Å². The van der Waals surface area contributed by atoms with Crippen LogP contribution in [0.25, 0.3) is 0 Å². The highest BCUT2D eigenvalue weighted by Gasteiger charge is 2.46. The third kappa shape index (κ3) is 2.47. The molecule has 4 atom stereocenters. The highest BCUT2D eigenvalue weighted by atomic mass is 16.6. The van der Waals surface area contributed by atoms with Gasteiger partial charge in [0, 0.05) is 26.5 Å². The number of rotatable bonds is 4. The van der Waals surface area contributed by atoms with E-state index < -0.39 is 35.8 Å². The summed E-state index contributed by atoms with van der Waals surface area (Å²) in [7, 11) is 2.93. The predicted molar refractivity (Wildman–Crippen MR) is 63.9 cm³/mol. The lowest BCUT2D eigenvalue weighted by atomic mass is 10.1. The standard InChI is InChI=1S/C11H16N2O6/c1-17-8-6(5-14)19-10(9(8)18-2)13-4-3-7(15)12-11(13)16/h3-4,6,8-10,14H,5H2,1-2H3,(H,12,15,16)/t6-,8?,9+,10-/m1/s1. The van der Waals surface area contributed by atoms with Crippen molar-refractivity contribution in [3.63, 3.8) is 0 Å².